The van der Waals surface area contributed by atoms with Crippen molar-refractivity contribution >= 4 is 29.3 Å². The molecule has 0 spiro atoms. The molecule has 1 N–H and O–H groups in total. The Hall–Kier alpha value is -3.24. The molecule has 1 aliphatic rings. The van der Waals surface area contributed by atoms with Crippen LogP contribution in [0.3, 0.4) is 0 Å². The molecule has 2 amide bonds. The summed E-state index contributed by atoms with van der Waals surface area (Å²) in [4.78, 5) is 28.5. The number of carbonyl (C=O) groups is 2. The van der Waals surface area contributed by atoms with Crippen LogP contribution in [0.2, 0.25) is 0 Å². The van der Waals surface area contributed by atoms with Crippen LogP contribution in [0, 0.1) is 5.82 Å². The molecule has 0 bridgehead atoms. The molecule has 8 nitrogen and oxygen atoms in total. The molecule has 3 aromatic rings. The summed E-state index contributed by atoms with van der Waals surface area (Å²) in [5.41, 5.74) is 1.39. The van der Waals surface area contributed by atoms with Crippen LogP contribution in [0.5, 0.6) is 0 Å². The molecule has 0 unspecified atom stereocenters. The Labute approximate surface area is 188 Å². The number of thioether (sulfide) groups is 1. The maximum Gasteiger partial charge on any atom is 0.277 e. The highest BCUT2D eigenvalue weighted by molar-refractivity contribution is 7.99. The molecule has 0 radical (unpaired) electrons. The van der Waals surface area contributed by atoms with Gasteiger partial charge in [0.15, 0.2) is 0 Å². The monoisotopic (exact) mass is 455 g/mol. The molecule has 0 saturated carbocycles. The minimum atomic E-state index is -0.349. The molecule has 1 fully saturated rings. The van der Waals surface area contributed by atoms with Crippen molar-refractivity contribution in [2.45, 2.75) is 5.22 Å². The van der Waals surface area contributed by atoms with Gasteiger partial charge in [-0.15, -0.1) is 10.2 Å². The number of anilines is 1. The Balaban J connectivity index is 1.19. The van der Waals surface area contributed by atoms with Gasteiger partial charge in [-0.2, -0.15) is 0 Å². The van der Waals surface area contributed by atoms with E-state index in [1.165, 1.54) is 36.0 Å². The minimum Gasteiger partial charge on any atom is -0.411 e. The van der Waals surface area contributed by atoms with Gasteiger partial charge in [0.2, 0.25) is 17.7 Å². The molecular weight excluding hydrogens is 433 g/mol. The maximum absolute atomic E-state index is 13.0. The second-order valence-corrected chi connectivity index (χ2v) is 8.17. The van der Waals surface area contributed by atoms with Crippen molar-refractivity contribution in [1.29, 1.82) is 0 Å². The van der Waals surface area contributed by atoms with E-state index < -0.39 is 0 Å². The third-order valence-electron chi connectivity index (χ3n) is 4.97. The zero-order chi connectivity index (χ0) is 22.3. The number of aromatic nitrogens is 2. The summed E-state index contributed by atoms with van der Waals surface area (Å²) in [5.74, 6) is 0.106. The summed E-state index contributed by atoms with van der Waals surface area (Å²) in [5, 5.41) is 11.1. The van der Waals surface area contributed by atoms with Crippen molar-refractivity contribution in [2.24, 2.45) is 0 Å². The van der Waals surface area contributed by atoms with Gasteiger partial charge < -0.3 is 14.6 Å². The van der Waals surface area contributed by atoms with Gasteiger partial charge in [0, 0.05) is 37.4 Å². The standard InChI is InChI=1S/C22H22FN5O3S/c23-17-6-8-18(9-7-17)24-19(29)14-27-10-12-28(13-11-27)20(30)15-32-22-26-25-21(31-22)16-4-2-1-3-5-16/h1-9H,10-15H2,(H,24,29). The number of hydrogen-bond donors (Lipinski definition) is 1. The molecular formula is C22H22FN5O3S. The molecule has 0 aliphatic carbocycles. The summed E-state index contributed by atoms with van der Waals surface area (Å²) in [7, 11) is 0. The van der Waals surface area contributed by atoms with E-state index >= 15 is 0 Å². The summed E-state index contributed by atoms with van der Waals surface area (Å²) in [6.07, 6.45) is 0. The molecule has 1 aliphatic heterocycles. The number of nitrogens with one attached hydrogen (secondary N) is 1. The fraction of sp³-hybridized carbons (Fsp3) is 0.273. The molecule has 10 heteroatoms. The highest BCUT2D eigenvalue weighted by Gasteiger charge is 2.23. The van der Waals surface area contributed by atoms with E-state index in [1.54, 1.807) is 4.90 Å². The molecule has 1 aromatic heterocycles. The van der Waals surface area contributed by atoms with Crippen molar-refractivity contribution in [2.75, 3.05) is 43.8 Å². The third-order valence-corrected chi connectivity index (χ3v) is 5.77. The minimum absolute atomic E-state index is 0.00938. The molecule has 2 heterocycles. The lowest BCUT2D eigenvalue weighted by molar-refractivity contribution is -0.130. The van der Waals surface area contributed by atoms with Crippen LogP contribution in [0.1, 0.15) is 0 Å². The fourth-order valence-corrected chi connectivity index (χ4v) is 3.94. The number of amides is 2. The van der Waals surface area contributed by atoms with Gasteiger partial charge in [0.25, 0.3) is 5.22 Å². The van der Waals surface area contributed by atoms with Crippen LogP contribution in [-0.4, -0.2) is 70.3 Å². The summed E-state index contributed by atoms with van der Waals surface area (Å²) in [6.45, 7) is 2.51. The van der Waals surface area contributed by atoms with E-state index in [0.29, 0.717) is 43.0 Å². The Kier molecular flexibility index (Phi) is 7.13. The zero-order valence-corrected chi connectivity index (χ0v) is 18.1. The van der Waals surface area contributed by atoms with Crippen LogP contribution in [-0.2, 0) is 9.59 Å². The van der Waals surface area contributed by atoms with Gasteiger partial charge in [0.05, 0.1) is 12.3 Å². The number of benzene rings is 2. The van der Waals surface area contributed by atoms with Gasteiger partial charge in [-0.3, -0.25) is 14.5 Å². The molecule has 0 atom stereocenters. The van der Waals surface area contributed by atoms with Crippen LogP contribution in [0.25, 0.3) is 11.5 Å². The first-order chi connectivity index (χ1) is 15.6. The lowest BCUT2D eigenvalue weighted by Crippen LogP contribution is -2.50. The third kappa shape index (κ3) is 5.92. The lowest BCUT2D eigenvalue weighted by Gasteiger charge is -2.34. The maximum atomic E-state index is 13.0. The number of carbonyl (C=O) groups excluding carboxylic acids is 2. The topological polar surface area (TPSA) is 91.6 Å². The number of halogens is 1. The van der Waals surface area contributed by atoms with Gasteiger partial charge in [-0.1, -0.05) is 30.0 Å². The molecule has 166 valence electrons. The van der Waals surface area contributed by atoms with Gasteiger partial charge >= 0.3 is 0 Å². The average Bonchev–Trinajstić information content (AvgIpc) is 3.29. The summed E-state index contributed by atoms with van der Waals surface area (Å²) in [6, 6.07) is 15.1. The largest absolute Gasteiger partial charge is 0.411 e. The average molecular weight is 456 g/mol. The van der Waals surface area contributed by atoms with Crippen molar-refractivity contribution in [3.63, 3.8) is 0 Å². The van der Waals surface area contributed by atoms with Crippen LogP contribution in [0.15, 0.2) is 64.2 Å². The molecule has 1 saturated heterocycles. The van der Waals surface area contributed by atoms with Gasteiger partial charge in [-0.25, -0.2) is 4.39 Å². The normalized spacial score (nSPS) is 14.3. The van der Waals surface area contributed by atoms with Gasteiger partial charge in [-0.05, 0) is 36.4 Å². The highest BCUT2D eigenvalue weighted by atomic mass is 32.2. The van der Waals surface area contributed by atoms with Gasteiger partial charge in [0.1, 0.15) is 5.82 Å². The van der Waals surface area contributed by atoms with E-state index in [4.69, 9.17) is 4.42 Å². The molecule has 32 heavy (non-hydrogen) atoms. The summed E-state index contributed by atoms with van der Waals surface area (Å²) < 4.78 is 18.6. The quantitative estimate of drug-likeness (QED) is 0.548. The van der Waals surface area contributed by atoms with Crippen LogP contribution >= 0.6 is 11.8 Å². The second kappa shape index (κ2) is 10.4. The Morgan fingerprint density at radius 1 is 1.00 bits per heavy atom. The first kappa shape index (κ1) is 22.0. The van der Waals surface area contributed by atoms with Crippen LogP contribution < -0.4 is 5.32 Å². The number of piperazine rings is 1. The predicted octanol–water partition coefficient (Wildman–Crippen LogP) is 2.75. The lowest BCUT2D eigenvalue weighted by atomic mass is 10.2. The Morgan fingerprint density at radius 2 is 1.72 bits per heavy atom. The van der Waals surface area contributed by atoms with E-state index in [-0.39, 0.29) is 29.9 Å². The van der Waals surface area contributed by atoms with E-state index in [1.807, 2.05) is 35.2 Å². The fourth-order valence-electron chi connectivity index (χ4n) is 3.27. The molecule has 4 rings (SSSR count). The van der Waals surface area contributed by atoms with E-state index in [2.05, 4.69) is 15.5 Å². The highest BCUT2D eigenvalue weighted by Crippen LogP contribution is 2.23. The predicted molar refractivity (Wildman–Crippen MR) is 119 cm³/mol. The van der Waals surface area contributed by atoms with Crippen molar-refractivity contribution < 1.29 is 18.4 Å². The van der Waals surface area contributed by atoms with E-state index in [0.717, 1.165) is 5.56 Å². The number of hydrogen-bond acceptors (Lipinski definition) is 7. The van der Waals surface area contributed by atoms with Crippen molar-refractivity contribution in [3.8, 4) is 11.5 Å². The smallest absolute Gasteiger partial charge is 0.277 e. The van der Waals surface area contributed by atoms with Crippen molar-refractivity contribution in [3.05, 3.63) is 60.4 Å². The van der Waals surface area contributed by atoms with Crippen LogP contribution in [0.4, 0.5) is 10.1 Å². The number of rotatable bonds is 7. The summed E-state index contributed by atoms with van der Waals surface area (Å²) >= 11 is 1.22. The molecule has 2 aromatic carbocycles. The Morgan fingerprint density at radius 3 is 2.44 bits per heavy atom. The van der Waals surface area contributed by atoms with Crippen molar-refractivity contribution in [1.82, 2.24) is 20.0 Å². The number of nitrogens with zero attached hydrogens (tertiary/aromatic N) is 4. The van der Waals surface area contributed by atoms with E-state index in [9.17, 15) is 14.0 Å². The SMILES string of the molecule is O=C(CN1CCN(C(=O)CSc2nnc(-c3ccccc3)o2)CC1)Nc1ccc(F)cc1. The second-order valence-electron chi connectivity index (χ2n) is 7.24. The zero-order valence-electron chi connectivity index (χ0n) is 17.2. The first-order valence-corrected chi connectivity index (χ1v) is 11.1. The first-order valence-electron chi connectivity index (χ1n) is 10.1. The Bertz CT molecular complexity index is 1050.